The summed E-state index contributed by atoms with van der Waals surface area (Å²) >= 11 is 14.0. The first-order chi connectivity index (χ1) is 22.8. The van der Waals surface area contributed by atoms with Gasteiger partial charge in [-0.3, -0.25) is 14.8 Å². The number of nitrogens with two attached hydrogens (primary N) is 1. The molecule has 2 aromatic heterocycles. The lowest BCUT2D eigenvalue weighted by molar-refractivity contribution is -0.119. The van der Waals surface area contributed by atoms with Crippen molar-refractivity contribution < 1.29 is 23.8 Å². The van der Waals surface area contributed by atoms with Crippen LogP contribution in [0.5, 0.6) is 11.8 Å². The number of nitrogens with zero attached hydrogens (tertiary/aromatic N) is 4. The molecule has 4 aromatic rings. The number of hydrogen-bond donors (Lipinski definition) is 4. The fourth-order valence-corrected chi connectivity index (χ4v) is 5.77. The van der Waals surface area contributed by atoms with Gasteiger partial charge < -0.3 is 35.9 Å². The Hall–Kier alpha value is -4.56. The van der Waals surface area contributed by atoms with Gasteiger partial charge in [0.25, 0.3) is 0 Å². The molecule has 3 heterocycles. The minimum absolute atomic E-state index is 0.0743. The molecule has 0 bridgehead atoms. The van der Waals surface area contributed by atoms with Crippen LogP contribution < -0.4 is 31.2 Å². The summed E-state index contributed by atoms with van der Waals surface area (Å²) in [5.41, 5.74) is 9.92. The Kier molecular flexibility index (Phi) is 11.4. The number of benzene rings is 2. The van der Waals surface area contributed by atoms with Gasteiger partial charge in [-0.25, -0.2) is 14.8 Å². The molecular formula is C32H34Cl2N8O5. The highest BCUT2D eigenvalue weighted by Crippen LogP contribution is 2.42. The summed E-state index contributed by atoms with van der Waals surface area (Å²) in [6, 6.07) is 11.3. The minimum Gasteiger partial charge on any atom is -0.480 e. The van der Waals surface area contributed by atoms with Crippen LogP contribution in [0.25, 0.3) is 33.6 Å². The number of hydrogen-bond acceptors (Lipinski definition) is 11. The third-order valence-electron chi connectivity index (χ3n) is 7.43. The molecule has 13 nitrogen and oxygen atoms in total. The van der Waals surface area contributed by atoms with Gasteiger partial charge in [-0.2, -0.15) is 0 Å². The van der Waals surface area contributed by atoms with E-state index in [0.717, 1.165) is 6.42 Å². The van der Waals surface area contributed by atoms with Crippen molar-refractivity contribution in [1.29, 1.82) is 0 Å². The summed E-state index contributed by atoms with van der Waals surface area (Å²) in [4.78, 5) is 40.7. The monoisotopic (exact) mass is 680 g/mol. The molecule has 1 saturated heterocycles. The number of primary amides is 1. The maximum atomic E-state index is 11.5. The van der Waals surface area contributed by atoms with E-state index < -0.39 is 6.09 Å². The van der Waals surface area contributed by atoms with Crippen molar-refractivity contribution in [2.75, 3.05) is 33.9 Å². The lowest BCUT2D eigenvalue weighted by Crippen LogP contribution is -2.35. The van der Waals surface area contributed by atoms with Crippen molar-refractivity contribution in [3.8, 4) is 45.4 Å². The van der Waals surface area contributed by atoms with E-state index in [4.69, 9.17) is 48.1 Å². The summed E-state index contributed by atoms with van der Waals surface area (Å²) in [7, 11) is 3.05. The molecule has 0 aliphatic carbocycles. The fraction of sp³-hybridized carbons (Fsp3) is 0.312. The second-order valence-electron chi connectivity index (χ2n) is 10.5. The van der Waals surface area contributed by atoms with Gasteiger partial charge in [-0.15, -0.1) is 0 Å². The molecule has 2 amide bonds. The van der Waals surface area contributed by atoms with Crippen molar-refractivity contribution in [1.82, 2.24) is 35.9 Å². The normalized spacial score (nSPS) is 14.1. The van der Waals surface area contributed by atoms with E-state index in [9.17, 15) is 9.59 Å². The topological polar surface area (TPSA) is 176 Å². The molecule has 0 saturated carbocycles. The molecule has 5 N–H and O–H groups in total. The standard InChI is InChI=1S/C32H34Cl2N8O5/c1-45-30-25(14-36-11-12-47-32(35)44)38-16-23(41-30)21-7-3-5-19(28(21)33)20-6-4-8-22(29(20)34)24-17-39-26(31(42-24)46-2)15-37-13-18-9-10-27(43)40-18/h3-8,16-18,36-37H,9-15H2,1-2H3,(H2,35,44)(H,40,43)/t18-/m0/s1. The lowest BCUT2D eigenvalue weighted by atomic mass is 9.98. The summed E-state index contributed by atoms with van der Waals surface area (Å²) in [5, 5.41) is 10.2. The number of rotatable bonds is 14. The minimum atomic E-state index is -0.832. The number of carbonyl (C=O) groups is 2. The number of amides is 2. The number of aromatic nitrogens is 4. The molecular weight excluding hydrogens is 647 g/mol. The van der Waals surface area contributed by atoms with Crippen molar-refractivity contribution in [3.05, 3.63) is 70.2 Å². The van der Waals surface area contributed by atoms with Gasteiger partial charge in [0, 0.05) is 60.9 Å². The maximum absolute atomic E-state index is 11.5. The van der Waals surface area contributed by atoms with E-state index in [0.29, 0.717) is 99.4 Å². The smallest absolute Gasteiger partial charge is 0.404 e. The second-order valence-corrected chi connectivity index (χ2v) is 11.3. The fourth-order valence-electron chi connectivity index (χ4n) is 5.12. The summed E-state index contributed by atoms with van der Waals surface area (Å²) in [5.74, 6) is 0.770. The highest BCUT2D eigenvalue weighted by Gasteiger charge is 2.21. The first-order valence-corrected chi connectivity index (χ1v) is 15.6. The van der Waals surface area contributed by atoms with Crippen LogP contribution in [0.4, 0.5) is 4.79 Å². The third-order valence-corrected chi connectivity index (χ3v) is 8.25. The number of methoxy groups -OCH3 is 2. The number of nitrogens with one attached hydrogen (secondary N) is 3. The van der Waals surface area contributed by atoms with E-state index >= 15 is 0 Å². The molecule has 5 rings (SSSR count). The lowest BCUT2D eigenvalue weighted by Gasteiger charge is -2.15. The van der Waals surface area contributed by atoms with Gasteiger partial charge in [0.2, 0.25) is 17.7 Å². The van der Waals surface area contributed by atoms with Gasteiger partial charge >= 0.3 is 6.09 Å². The van der Waals surface area contributed by atoms with Crippen LogP contribution >= 0.6 is 23.2 Å². The zero-order valence-corrected chi connectivity index (χ0v) is 27.3. The van der Waals surface area contributed by atoms with Gasteiger partial charge in [0.05, 0.1) is 48.0 Å². The molecule has 47 heavy (non-hydrogen) atoms. The molecule has 0 spiro atoms. The first kappa shape index (κ1) is 33.8. The summed E-state index contributed by atoms with van der Waals surface area (Å²) in [6.45, 7) is 1.89. The predicted molar refractivity (Wildman–Crippen MR) is 177 cm³/mol. The number of carbonyl (C=O) groups excluding carboxylic acids is 2. The Morgan fingerprint density at radius 2 is 1.43 bits per heavy atom. The summed E-state index contributed by atoms with van der Waals surface area (Å²) in [6.07, 6.45) is 3.79. The number of halogens is 2. The largest absolute Gasteiger partial charge is 0.480 e. The van der Waals surface area contributed by atoms with Crippen LogP contribution in [0, 0.1) is 0 Å². The molecule has 1 fully saturated rings. The Balaban J connectivity index is 1.35. The molecule has 1 aliphatic heterocycles. The Morgan fingerprint density at radius 1 is 0.894 bits per heavy atom. The zero-order valence-electron chi connectivity index (χ0n) is 25.8. The first-order valence-electron chi connectivity index (χ1n) is 14.8. The highest BCUT2D eigenvalue weighted by atomic mass is 35.5. The Bertz CT molecular complexity index is 1760. The quantitative estimate of drug-likeness (QED) is 0.141. The van der Waals surface area contributed by atoms with Crippen LogP contribution in [-0.4, -0.2) is 71.9 Å². The van der Waals surface area contributed by atoms with Crippen LogP contribution in [-0.2, 0) is 22.6 Å². The Morgan fingerprint density at radius 3 is 1.91 bits per heavy atom. The molecule has 0 radical (unpaired) electrons. The van der Waals surface area contributed by atoms with Crippen molar-refractivity contribution in [2.24, 2.45) is 5.73 Å². The Labute approximate surface area is 281 Å². The average molecular weight is 682 g/mol. The van der Waals surface area contributed by atoms with Gasteiger partial charge in [-0.1, -0.05) is 59.6 Å². The van der Waals surface area contributed by atoms with Gasteiger partial charge in [0.15, 0.2) is 0 Å². The van der Waals surface area contributed by atoms with E-state index in [1.165, 1.54) is 7.11 Å². The molecule has 15 heteroatoms. The molecule has 1 aliphatic rings. The van der Waals surface area contributed by atoms with Crippen LogP contribution in [0.1, 0.15) is 24.2 Å². The molecule has 246 valence electrons. The summed E-state index contributed by atoms with van der Waals surface area (Å²) < 4.78 is 15.8. The van der Waals surface area contributed by atoms with Gasteiger partial charge in [0.1, 0.15) is 18.0 Å². The zero-order chi connectivity index (χ0) is 33.3. The second kappa shape index (κ2) is 15.8. The molecule has 0 unspecified atom stereocenters. The van der Waals surface area contributed by atoms with E-state index in [1.807, 2.05) is 36.4 Å². The van der Waals surface area contributed by atoms with Crippen LogP contribution in [0.15, 0.2) is 48.8 Å². The highest BCUT2D eigenvalue weighted by molar-refractivity contribution is 6.39. The van der Waals surface area contributed by atoms with E-state index in [1.54, 1.807) is 19.5 Å². The van der Waals surface area contributed by atoms with Crippen molar-refractivity contribution in [3.63, 3.8) is 0 Å². The van der Waals surface area contributed by atoms with Crippen molar-refractivity contribution in [2.45, 2.75) is 32.0 Å². The SMILES string of the molecule is COc1nc(-c2cccc(-c3cccc(-c4cnc(CNC[C@@H]5CCC(=O)N5)c(OC)n4)c3Cl)c2Cl)cnc1CNCCOC(N)=O. The molecule has 1 atom stereocenters. The van der Waals surface area contributed by atoms with Crippen molar-refractivity contribution >= 4 is 35.2 Å². The van der Waals surface area contributed by atoms with E-state index in [-0.39, 0.29) is 18.6 Å². The third kappa shape index (κ3) is 8.24. The van der Waals surface area contributed by atoms with Gasteiger partial charge in [-0.05, 0) is 6.42 Å². The van der Waals surface area contributed by atoms with E-state index in [2.05, 4.69) is 30.9 Å². The number of ether oxygens (including phenoxy) is 3. The average Bonchev–Trinajstić information content (AvgIpc) is 3.49. The maximum Gasteiger partial charge on any atom is 0.404 e. The van der Waals surface area contributed by atoms with Crippen LogP contribution in [0.2, 0.25) is 10.0 Å². The predicted octanol–water partition coefficient (Wildman–Crippen LogP) is 4.14. The molecule has 2 aromatic carbocycles. The van der Waals surface area contributed by atoms with Crippen LogP contribution in [0.3, 0.4) is 0 Å².